The zero-order valence-corrected chi connectivity index (χ0v) is 16.7. The minimum absolute atomic E-state index is 0. The number of rotatable bonds is 5. The Morgan fingerprint density at radius 1 is 1.00 bits per heavy atom. The molecule has 150 valence electrons. The highest BCUT2D eigenvalue weighted by molar-refractivity contribution is 5.85. The van der Waals surface area contributed by atoms with E-state index in [0.717, 1.165) is 29.9 Å². The second-order valence-corrected chi connectivity index (χ2v) is 7.54. The van der Waals surface area contributed by atoms with E-state index in [2.05, 4.69) is 17.4 Å². The molecule has 1 saturated carbocycles. The molecular formula is C22H27ClN2O3. The SMILES string of the molecule is Cl.Nc1ccc(CC(=O)NCC2(c3ccc4c(c3)OCCO4)CCCC2)cc1. The van der Waals surface area contributed by atoms with Gasteiger partial charge in [0.1, 0.15) is 13.2 Å². The Bertz CT molecular complexity index is 817. The minimum atomic E-state index is -0.0212. The molecule has 0 aromatic heterocycles. The Labute approximate surface area is 172 Å². The Morgan fingerprint density at radius 2 is 1.68 bits per heavy atom. The minimum Gasteiger partial charge on any atom is -0.486 e. The molecule has 0 unspecified atom stereocenters. The molecule has 28 heavy (non-hydrogen) atoms. The Morgan fingerprint density at radius 3 is 2.39 bits per heavy atom. The highest BCUT2D eigenvalue weighted by Crippen LogP contribution is 2.43. The molecule has 2 aromatic carbocycles. The van der Waals surface area contributed by atoms with Crippen molar-refractivity contribution in [2.75, 3.05) is 25.5 Å². The predicted octanol–water partition coefficient (Wildman–Crippen LogP) is 3.63. The van der Waals surface area contributed by atoms with Gasteiger partial charge in [-0.2, -0.15) is 0 Å². The van der Waals surface area contributed by atoms with Gasteiger partial charge in [-0.3, -0.25) is 4.79 Å². The van der Waals surface area contributed by atoms with Gasteiger partial charge >= 0.3 is 0 Å². The summed E-state index contributed by atoms with van der Waals surface area (Å²) >= 11 is 0. The van der Waals surface area contributed by atoms with Crippen molar-refractivity contribution in [1.29, 1.82) is 0 Å². The van der Waals surface area contributed by atoms with Crippen LogP contribution in [0.4, 0.5) is 5.69 Å². The summed E-state index contributed by atoms with van der Waals surface area (Å²) in [6.45, 7) is 1.83. The molecule has 0 radical (unpaired) electrons. The maximum atomic E-state index is 12.5. The predicted molar refractivity (Wildman–Crippen MR) is 112 cm³/mol. The van der Waals surface area contributed by atoms with E-state index in [0.29, 0.717) is 31.9 Å². The van der Waals surface area contributed by atoms with Gasteiger partial charge in [0.2, 0.25) is 5.91 Å². The van der Waals surface area contributed by atoms with E-state index in [1.807, 2.05) is 30.3 Å². The van der Waals surface area contributed by atoms with E-state index < -0.39 is 0 Å². The Balaban J connectivity index is 0.00000225. The first-order valence-electron chi connectivity index (χ1n) is 9.66. The average molecular weight is 403 g/mol. The molecule has 1 aliphatic carbocycles. The van der Waals surface area contributed by atoms with Crippen LogP contribution in [0, 0.1) is 0 Å². The molecule has 0 bridgehead atoms. The summed E-state index contributed by atoms with van der Waals surface area (Å²) in [7, 11) is 0. The normalized spacial score (nSPS) is 16.9. The van der Waals surface area contributed by atoms with Gasteiger partial charge < -0.3 is 20.5 Å². The van der Waals surface area contributed by atoms with E-state index in [-0.39, 0.29) is 23.7 Å². The summed E-state index contributed by atoms with van der Waals surface area (Å²) in [6, 6.07) is 13.7. The summed E-state index contributed by atoms with van der Waals surface area (Å²) in [4.78, 5) is 12.5. The van der Waals surface area contributed by atoms with Gasteiger partial charge in [0, 0.05) is 17.6 Å². The molecule has 2 aromatic rings. The van der Waals surface area contributed by atoms with Crippen molar-refractivity contribution in [3.63, 3.8) is 0 Å². The zero-order chi connectivity index (χ0) is 18.7. The maximum Gasteiger partial charge on any atom is 0.224 e. The van der Waals surface area contributed by atoms with Crippen LogP contribution in [0.5, 0.6) is 11.5 Å². The number of benzene rings is 2. The highest BCUT2D eigenvalue weighted by atomic mass is 35.5. The lowest BCUT2D eigenvalue weighted by molar-refractivity contribution is -0.120. The van der Waals surface area contributed by atoms with Gasteiger partial charge in [-0.25, -0.2) is 0 Å². The van der Waals surface area contributed by atoms with E-state index in [1.54, 1.807) is 0 Å². The summed E-state index contributed by atoms with van der Waals surface area (Å²) in [5, 5.41) is 3.16. The Kier molecular flexibility index (Phi) is 6.35. The highest BCUT2D eigenvalue weighted by Gasteiger charge is 2.36. The third-order valence-corrected chi connectivity index (χ3v) is 5.68. The van der Waals surface area contributed by atoms with Crippen molar-refractivity contribution >= 4 is 24.0 Å². The molecule has 1 aliphatic heterocycles. The van der Waals surface area contributed by atoms with E-state index in [4.69, 9.17) is 15.2 Å². The number of nitrogen functional groups attached to an aromatic ring is 1. The van der Waals surface area contributed by atoms with Gasteiger partial charge in [-0.1, -0.05) is 31.0 Å². The quantitative estimate of drug-likeness (QED) is 0.749. The molecule has 1 fully saturated rings. The third-order valence-electron chi connectivity index (χ3n) is 5.68. The van der Waals surface area contributed by atoms with E-state index in [9.17, 15) is 4.79 Å². The molecule has 6 heteroatoms. The lowest BCUT2D eigenvalue weighted by Crippen LogP contribution is -2.39. The number of anilines is 1. The molecule has 1 amide bonds. The van der Waals surface area contributed by atoms with Gasteiger partial charge in [0.25, 0.3) is 0 Å². The van der Waals surface area contributed by atoms with Crippen molar-refractivity contribution in [3.05, 3.63) is 53.6 Å². The lowest BCUT2D eigenvalue weighted by atomic mass is 9.78. The molecule has 2 aliphatic rings. The van der Waals surface area contributed by atoms with E-state index in [1.165, 1.54) is 18.4 Å². The molecule has 5 nitrogen and oxygen atoms in total. The number of hydrogen-bond donors (Lipinski definition) is 2. The maximum absolute atomic E-state index is 12.5. The van der Waals surface area contributed by atoms with Crippen LogP contribution in [-0.2, 0) is 16.6 Å². The number of carbonyl (C=O) groups is 1. The summed E-state index contributed by atoms with van der Waals surface area (Å²) in [5.74, 6) is 1.67. The monoisotopic (exact) mass is 402 g/mol. The largest absolute Gasteiger partial charge is 0.486 e. The molecule has 1 heterocycles. The van der Waals surface area contributed by atoms with Gasteiger partial charge in [0.15, 0.2) is 11.5 Å². The first-order chi connectivity index (χ1) is 13.1. The van der Waals surface area contributed by atoms with Crippen LogP contribution in [0.15, 0.2) is 42.5 Å². The zero-order valence-electron chi connectivity index (χ0n) is 15.9. The molecule has 3 N–H and O–H groups in total. The van der Waals surface area contributed by atoms with Gasteiger partial charge in [-0.05, 0) is 48.2 Å². The van der Waals surface area contributed by atoms with Crippen molar-refractivity contribution in [2.45, 2.75) is 37.5 Å². The summed E-state index contributed by atoms with van der Waals surface area (Å²) < 4.78 is 11.4. The number of hydrogen-bond acceptors (Lipinski definition) is 4. The lowest BCUT2D eigenvalue weighted by Gasteiger charge is -2.31. The topological polar surface area (TPSA) is 73.6 Å². The van der Waals surface area contributed by atoms with Crippen LogP contribution in [0.1, 0.15) is 36.8 Å². The second kappa shape index (κ2) is 8.74. The fourth-order valence-corrected chi connectivity index (χ4v) is 4.14. The Hall–Kier alpha value is -2.40. The number of carbonyl (C=O) groups excluding carboxylic acids is 1. The number of ether oxygens (including phenoxy) is 2. The number of amides is 1. The summed E-state index contributed by atoms with van der Waals surface area (Å²) in [5.41, 5.74) is 8.61. The fourth-order valence-electron chi connectivity index (χ4n) is 4.14. The van der Waals surface area contributed by atoms with Crippen LogP contribution >= 0.6 is 12.4 Å². The van der Waals surface area contributed by atoms with Crippen LogP contribution in [0.3, 0.4) is 0 Å². The second-order valence-electron chi connectivity index (χ2n) is 7.54. The van der Waals surface area contributed by atoms with Crippen LogP contribution in [0.25, 0.3) is 0 Å². The van der Waals surface area contributed by atoms with Crippen molar-refractivity contribution in [1.82, 2.24) is 5.32 Å². The standard InChI is InChI=1S/C22H26N2O3.ClH/c23-18-6-3-16(4-7-18)13-21(25)24-15-22(9-1-2-10-22)17-5-8-19-20(14-17)27-12-11-26-19;/h3-8,14H,1-2,9-13,15,23H2,(H,24,25);1H. The van der Waals surface area contributed by atoms with Crippen molar-refractivity contribution in [2.24, 2.45) is 0 Å². The molecule has 4 rings (SSSR count). The van der Waals surface area contributed by atoms with Gasteiger partial charge in [0.05, 0.1) is 6.42 Å². The average Bonchev–Trinajstić information content (AvgIpc) is 3.18. The molecule has 0 spiro atoms. The van der Waals surface area contributed by atoms with Gasteiger partial charge in [-0.15, -0.1) is 12.4 Å². The van der Waals surface area contributed by atoms with Crippen molar-refractivity contribution in [3.8, 4) is 11.5 Å². The van der Waals surface area contributed by atoms with E-state index >= 15 is 0 Å². The molecular weight excluding hydrogens is 376 g/mol. The van der Waals surface area contributed by atoms with Crippen molar-refractivity contribution < 1.29 is 14.3 Å². The number of fused-ring (bicyclic) bond motifs is 1. The number of halogens is 1. The summed E-state index contributed by atoms with van der Waals surface area (Å²) in [6.07, 6.45) is 4.89. The first-order valence-corrected chi connectivity index (χ1v) is 9.66. The van der Waals surface area contributed by atoms with Crippen LogP contribution in [-0.4, -0.2) is 25.7 Å². The van der Waals surface area contributed by atoms with Crippen LogP contribution < -0.4 is 20.5 Å². The number of nitrogens with two attached hydrogens (primary N) is 1. The number of nitrogens with one attached hydrogen (secondary N) is 1. The first kappa shape index (κ1) is 20.3. The fraction of sp³-hybridized carbons (Fsp3) is 0.409. The smallest absolute Gasteiger partial charge is 0.224 e. The molecule has 0 atom stereocenters. The third kappa shape index (κ3) is 4.36. The molecule has 0 saturated heterocycles. The van der Waals surface area contributed by atoms with Crippen LogP contribution in [0.2, 0.25) is 0 Å².